The summed E-state index contributed by atoms with van der Waals surface area (Å²) in [4.78, 5) is 4.32. The van der Waals surface area contributed by atoms with Crippen LogP contribution in [0.3, 0.4) is 0 Å². The van der Waals surface area contributed by atoms with E-state index in [4.69, 9.17) is 30.5 Å². The number of rotatable bonds is 5. The van der Waals surface area contributed by atoms with Crippen molar-refractivity contribution in [3.05, 3.63) is 33.4 Å². The van der Waals surface area contributed by atoms with Gasteiger partial charge in [-0.2, -0.15) is 0 Å². The molecule has 0 saturated carbocycles. The van der Waals surface area contributed by atoms with Crippen LogP contribution in [0.2, 0.25) is 0 Å². The van der Waals surface area contributed by atoms with Crippen LogP contribution in [0.1, 0.15) is 18.1 Å². The van der Waals surface area contributed by atoms with Crippen LogP contribution < -0.4 is 14.2 Å². The van der Waals surface area contributed by atoms with Gasteiger partial charge in [0.05, 0.1) is 26.4 Å². The normalized spacial score (nSPS) is 19.0. The van der Waals surface area contributed by atoms with Gasteiger partial charge >= 0.3 is 0 Å². The Morgan fingerprint density at radius 1 is 1.04 bits per heavy atom. The van der Waals surface area contributed by atoms with Crippen LogP contribution in [-0.2, 0) is 4.74 Å². The van der Waals surface area contributed by atoms with Crippen LogP contribution in [-0.4, -0.2) is 40.9 Å². The van der Waals surface area contributed by atoms with Crippen LogP contribution in [0.4, 0.5) is 0 Å². The van der Waals surface area contributed by atoms with E-state index in [1.807, 2.05) is 26.0 Å². The maximum atomic E-state index is 6.23. The molecule has 0 spiro atoms. The molecule has 2 rings (SSSR count). The fourth-order valence-corrected chi connectivity index (χ4v) is 2.80. The third kappa shape index (κ3) is 3.28. The van der Waals surface area contributed by atoms with E-state index in [0.29, 0.717) is 22.3 Å². The molecule has 1 aromatic rings. The third-order valence-electron chi connectivity index (χ3n) is 3.98. The van der Waals surface area contributed by atoms with Crippen molar-refractivity contribution in [2.45, 2.75) is 20.1 Å². The molecule has 0 amide bonds. The number of hydrogen-bond donors (Lipinski definition) is 0. The summed E-state index contributed by atoms with van der Waals surface area (Å²) < 4.78 is 21.9. The highest BCUT2D eigenvalue weighted by Gasteiger charge is 2.23. The lowest BCUT2D eigenvalue weighted by Crippen LogP contribution is -2.16. The smallest absolute Gasteiger partial charge is 0.203 e. The molecule has 0 N–H and O–H groups in total. The van der Waals surface area contributed by atoms with Gasteiger partial charge < -0.3 is 18.9 Å². The molecule has 0 saturated heterocycles. The van der Waals surface area contributed by atoms with E-state index in [-0.39, 0.29) is 0 Å². The van der Waals surface area contributed by atoms with Gasteiger partial charge in [0, 0.05) is 24.5 Å². The van der Waals surface area contributed by atoms with E-state index >= 15 is 0 Å². The van der Waals surface area contributed by atoms with Crippen molar-refractivity contribution in [3.8, 4) is 17.2 Å². The molecule has 1 aromatic carbocycles. The number of halogens is 1. The molecule has 0 radical (unpaired) electrons. The van der Waals surface area contributed by atoms with Gasteiger partial charge in [-0.25, -0.2) is 0 Å². The van der Waals surface area contributed by atoms with Gasteiger partial charge in [0.1, 0.15) is 0 Å². The molecular weight excluding hydrogens is 330 g/mol. The predicted octanol–water partition coefficient (Wildman–Crippen LogP) is 3.97. The Kier molecular flexibility index (Phi) is 5.91. The molecule has 0 bridgehead atoms. The molecule has 1 aliphatic rings. The largest absolute Gasteiger partial charge is 0.493 e. The quantitative estimate of drug-likeness (QED) is 0.805. The molecule has 0 aliphatic carbocycles. The standard InChI is InChI=1S/C18H22ClNO4/c1-10-7-15(21-3)17(23-5)16(22-4)12(10)8-13-11(2)14(19)9-20-18(13)24-6/h7-9,18H,1-6H3. The zero-order valence-corrected chi connectivity index (χ0v) is 15.5. The predicted molar refractivity (Wildman–Crippen MR) is 96.7 cm³/mol. The van der Waals surface area contributed by atoms with E-state index in [1.54, 1.807) is 34.7 Å². The number of allylic oxidation sites excluding steroid dienone is 1. The Hall–Kier alpha value is -1.98. The number of aliphatic imine (C=N–C) groups is 1. The highest BCUT2D eigenvalue weighted by molar-refractivity contribution is 6.40. The van der Waals surface area contributed by atoms with Crippen molar-refractivity contribution in [1.82, 2.24) is 0 Å². The average Bonchev–Trinajstić information content (AvgIpc) is 2.59. The average molecular weight is 352 g/mol. The first-order chi connectivity index (χ1) is 11.5. The Labute approximate surface area is 147 Å². The first-order valence-corrected chi connectivity index (χ1v) is 7.80. The zero-order chi connectivity index (χ0) is 17.9. The van der Waals surface area contributed by atoms with Gasteiger partial charge in [-0.3, -0.25) is 4.99 Å². The molecule has 1 aliphatic heterocycles. The van der Waals surface area contributed by atoms with Crippen molar-refractivity contribution >= 4 is 23.9 Å². The van der Waals surface area contributed by atoms with E-state index < -0.39 is 6.23 Å². The minimum atomic E-state index is -0.412. The number of methoxy groups -OCH3 is 4. The topological polar surface area (TPSA) is 49.3 Å². The minimum Gasteiger partial charge on any atom is -0.493 e. The molecule has 1 unspecified atom stereocenters. The Morgan fingerprint density at radius 3 is 2.25 bits per heavy atom. The van der Waals surface area contributed by atoms with Crippen molar-refractivity contribution < 1.29 is 18.9 Å². The first kappa shape index (κ1) is 18.4. The van der Waals surface area contributed by atoms with Crippen LogP contribution >= 0.6 is 11.6 Å². The SMILES string of the molecule is COc1cc(C)c(C=C2C(C)=C(Cl)C=NC2OC)c(OC)c1OC. The van der Waals surface area contributed by atoms with E-state index in [2.05, 4.69) is 4.99 Å². The maximum Gasteiger partial charge on any atom is 0.203 e. The van der Waals surface area contributed by atoms with Crippen LogP contribution in [0.15, 0.2) is 27.2 Å². The Bertz CT molecular complexity index is 722. The third-order valence-corrected chi connectivity index (χ3v) is 4.36. The summed E-state index contributed by atoms with van der Waals surface area (Å²) >= 11 is 6.23. The number of aryl methyl sites for hydroxylation is 1. The summed E-state index contributed by atoms with van der Waals surface area (Å²) in [5.41, 5.74) is 3.63. The summed E-state index contributed by atoms with van der Waals surface area (Å²) in [6.07, 6.45) is 3.17. The van der Waals surface area contributed by atoms with Gasteiger partial charge in [0.25, 0.3) is 0 Å². The number of dihydropyridines is 1. The fourth-order valence-electron chi connectivity index (χ4n) is 2.64. The van der Waals surface area contributed by atoms with E-state index in [9.17, 15) is 0 Å². The lowest BCUT2D eigenvalue weighted by molar-refractivity contribution is 0.141. The summed E-state index contributed by atoms with van der Waals surface area (Å²) in [5.74, 6) is 1.75. The molecule has 24 heavy (non-hydrogen) atoms. The van der Waals surface area contributed by atoms with Gasteiger partial charge in [-0.05, 0) is 37.1 Å². The highest BCUT2D eigenvalue weighted by atomic mass is 35.5. The van der Waals surface area contributed by atoms with Gasteiger partial charge in [0.2, 0.25) is 5.75 Å². The Balaban J connectivity index is 2.70. The number of hydrogen-bond acceptors (Lipinski definition) is 5. The molecule has 0 fully saturated rings. The summed E-state index contributed by atoms with van der Waals surface area (Å²) in [5, 5.41) is 0.589. The molecule has 130 valence electrons. The molecule has 0 aromatic heterocycles. The second-order valence-electron chi connectivity index (χ2n) is 5.31. The van der Waals surface area contributed by atoms with Gasteiger partial charge in [-0.1, -0.05) is 11.6 Å². The maximum absolute atomic E-state index is 6.23. The number of nitrogens with zero attached hydrogens (tertiary/aromatic N) is 1. The van der Waals surface area contributed by atoms with Crippen molar-refractivity contribution in [1.29, 1.82) is 0 Å². The summed E-state index contributed by atoms with van der Waals surface area (Å²) in [7, 11) is 6.39. The van der Waals surface area contributed by atoms with E-state index in [0.717, 1.165) is 22.3 Å². The fraction of sp³-hybridized carbons (Fsp3) is 0.389. The second-order valence-corrected chi connectivity index (χ2v) is 5.72. The van der Waals surface area contributed by atoms with Crippen LogP contribution in [0.25, 0.3) is 6.08 Å². The van der Waals surface area contributed by atoms with Crippen LogP contribution in [0, 0.1) is 6.92 Å². The summed E-state index contributed by atoms with van der Waals surface area (Å²) in [6.45, 7) is 3.92. The lowest BCUT2D eigenvalue weighted by Gasteiger charge is -2.22. The molecular formula is C18H22ClNO4. The monoisotopic (exact) mass is 351 g/mol. The lowest BCUT2D eigenvalue weighted by atomic mass is 9.97. The molecule has 6 heteroatoms. The van der Waals surface area contributed by atoms with E-state index in [1.165, 1.54) is 0 Å². The van der Waals surface area contributed by atoms with Crippen molar-refractivity contribution in [2.24, 2.45) is 4.99 Å². The van der Waals surface area contributed by atoms with Crippen molar-refractivity contribution in [2.75, 3.05) is 28.4 Å². The second kappa shape index (κ2) is 7.73. The van der Waals surface area contributed by atoms with Crippen LogP contribution in [0.5, 0.6) is 17.2 Å². The zero-order valence-electron chi connectivity index (χ0n) is 14.8. The first-order valence-electron chi connectivity index (χ1n) is 7.42. The minimum absolute atomic E-state index is 0.412. The summed E-state index contributed by atoms with van der Waals surface area (Å²) in [6, 6.07) is 1.91. The Morgan fingerprint density at radius 2 is 1.71 bits per heavy atom. The highest BCUT2D eigenvalue weighted by Crippen LogP contribution is 2.43. The van der Waals surface area contributed by atoms with Gasteiger partial charge in [0.15, 0.2) is 17.7 Å². The molecule has 5 nitrogen and oxygen atoms in total. The number of benzene rings is 1. The van der Waals surface area contributed by atoms with Crippen molar-refractivity contribution in [3.63, 3.8) is 0 Å². The number of ether oxygens (including phenoxy) is 4. The molecule has 1 atom stereocenters. The molecule has 1 heterocycles. The van der Waals surface area contributed by atoms with Gasteiger partial charge in [-0.15, -0.1) is 0 Å².